The van der Waals surface area contributed by atoms with Crippen molar-refractivity contribution < 1.29 is 13.9 Å². The number of rotatable bonds is 7. The molecule has 0 unspecified atom stereocenters. The molecule has 0 aliphatic rings. The summed E-state index contributed by atoms with van der Waals surface area (Å²) in [5, 5.41) is 8.46. The fourth-order valence-electron chi connectivity index (χ4n) is 2.63. The summed E-state index contributed by atoms with van der Waals surface area (Å²) in [7, 11) is 0. The molecule has 0 saturated carbocycles. The number of carbonyl (C=O) groups is 1. The van der Waals surface area contributed by atoms with Gasteiger partial charge in [-0.1, -0.05) is 11.6 Å². The average Bonchev–Trinajstić information content (AvgIpc) is 3.22. The maximum Gasteiger partial charge on any atom is 0.258 e. The Balaban J connectivity index is 1.79. The van der Waals surface area contributed by atoms with Crippen LogP contribution in [0, 0.1) is 5.82 Å². The Labute approximate surface area is 165 Å². The summed E-state index contributed by atoms with van der Waals surface area (Å²) in [4.78, 5) is 23.9. The van der Waals surface area contributed by atoms with Gasteiger partial charge >= 0.3 is 0 Å². The van der Waals surface area contributed by atoms with Crippen LogP contribution in [0.5, 0.6) is 5.88 Å². The van der Waals surface area contributed by atoms with Crippen molar-refractivity contribution in [3.8, 4) is 11.7 Å². The molecule has 0 saturated heterocycles. The maximum absolute atomic E-state index is 13.8. The molecule has 1 atom stereocenters. The molecule has 0 aromatic carbocycles. The third-order valence-corrected chi connectivity index (χ3v) is 4.20. The summed E-state index contributed by atoms with van der Waals surface area (Å²) in [6, 6.07) is 4.13. The molecule has 0 N–H and O–H groups in total. The van der Waals surface area contributed by atoms with E-state index < -0.39 is 11.7 Å². The summed E-state index contributed by atoms with van der Waals surface area (Å²) in [5.41, 5.74) is 0.0644. The number of carbonyl (C=O) groups excluding carboxylic acids is 1. The van der Waals surface area contributed by atoms with Crippen molar-refractivity contribution in [2.24, 2.45) is 0 Å². The third-order valence-electron chi connectivity index (χ3n) is 3.98. The number of likely N-dealkylation sites (N-methyl/N-ethyl adjacent to an activating group) is 1. The fourth-order valence-corrected chi connectivity index (χ4v) is 2.74. The van der Waals surface area contributed by atoms with Crippen LogP contribution in [0.2, 0.25) is 5.02 Å². The van der Waals surface area contributed by atoms with E-state index in [1.807, 2.05) is 13.8 Å². The molecule has 8 nitrogen and oxygen atoms in total. The lowest BCUT2D eigenvalue weighted by atomic mass is 10.2. The van der Waals surface area contributed by atoms with E-state index in [0.29, 0.717) is 17.4 Å². The Morgan fingerprint density at radius 2 is 2.04 bits per heavy atom. The second-order valence-electron chi connectivity index (χ2n) is 5.91. The van der Waals surface area contributed by atoms with Crippen LogP contribution in [0.4, 0.5) is 4.39 Å². The second-order valence-corrected chi connectivity index (χ2v) is 6.35. The molecule has 28 heavy (non-hydrogen) atoms. The zero-order chi connectivity index (χ0) is 20.1. The summed E-state index contributed by atoms with van der Waals surface area (Å²) < 4.78 is 19.4. The molecule has 3 aromatic heterocycles. The van der Waals surface area contributed by atoms with Crippen molar-refractivity contribution in [3.63, 3.8) is 0 Å². The van der Waals surface area contributed by atoms with Gasteiger partial charge in [0.1, 0.15) is 12.4 Å². The number of pyridine rings is 2. The molecule has 0 fully saturated rings. The van der Waals surface area contributed by atoms with Crippen molar-refractivity contribution in [2.75, 3.05) is 13.2 Å². The Kier molecular flexibility index (Phi) is 6.15. The molecular weight excluding hydrogens is 387 g/mol. The number of nitrogens with zero attached hydrogens (tertiary/aromatic N) is 6. The number of aromatic nitrogens is 5. The quantitative estimate of drug-likeness (QED) is 0.602. The van der Waals surface area contributed by atoms with E-state index in [4.69, 9.17) is 16.3 Å². The first kappa shape index (κ1) is 19.7. The van der Waals surface area contributed by atoms with Crippen LogP contribution in [-0.4, -0.2) is 55.0 Å². The molecule has 0 aliphatic carbocycles. The van der Waals surface area contributed by atoms with Crippen LogP contribution in [0.3, 0.4) is 0 Å². The lowest BCUT2D eigenvalue weighted by Crippen LogP contribution is -2.42. The molecular formula is C18H18ClFN6O2. The molecule has 3 rings (SSSR count). The minimum absolute atomic E-state index is 0.0644. The highest BCUT2D eigenvalue weighted by Crippen LogP contribution is 2.17. The largest absolute Gasteiger partial charge is 0.475 e. The van der Waals surface area contributed by atoms with Gasteiger partial charge in [0, 0.05) is 18.8 Å². The van der Waals surface area contributed by atoms with E-state index in [2.05, 4.69) is 20.2 Å². The number of amides is 1. The predicted molar refractivity (Wildman–Crippen MR) is 100 cm³/mol. The van der Waals surface area contributed by atoms with Crippen LogP contribution >= 0.6 is 11.6 Å². The van der Waals surface area contributed by atoms with Crippen LogP contribution in [0.15, 0.2) is 43.0 Å². The zero-order valence-electron chi connectivity index (χ0n) is 15.3. The van der Waals surface area contributed by atoms with E-state index >= 15 is 0 Å². The topological polar surface area (TPSA) is 86.0 Å². The summed E-state index contributed by atoms with van der Waals surface area (Å²) in [5.74, 6) is -0.470. The Bertz CT molecular complexity index is 936. The fraction of sp³-hybridized carbons (Fsp3) is 0.278. The summed E-state index contributed by atoms with van der Waals surface area (Å²) in [6.45, 7) is 4.25. The third kappa shape index (κ3) is 4.42. The van der Waals surface area contributed by atoms with Crippen molar-refractivity contribution >= 4 is 17.5 Å². The normalized spacial score (nSPS) is 11.9. The highest BCUT2D eigenvalue weighted by Gasteiger charge is 2.25. The van der Waals surface area contributed by atoms with E-state index in [1.54, 1.807) is 17.0 Å². The summed E-state index contributed by atoms with van der Waals surface area (Å²) in [6.07, 6.45) is 5.40. The Morgan fingerprint density at radius 1 is 1.29 bits per heavy atom. The minimum atomic E-state index is -0.621. The molecule has 0 bridgehead atoms. The van der Waals surface area contributed by atoms with Gasteiger partial charge in [-0.25, -0.2) is 14.4 Å². The molecule has 146 valence electrons. The summed E-state index contributed by atoms with van der Waals surface area (Å²) >= 11 is 5.81. The lowest BCUT2D eigenvalue weighted by molar-refractivity contribution is 0.0645. The molecule has 0 spiro atoms. The van der Waals surface area contributed by atoms with Gasteiger partial charge in [-0.15, -0.1) is 4.80 Å². The first-order valence-corrected chi connectivity index (χ1v) is 8.95. The first-order chi connectivity index (χ1) is 13.5. The van der Waals surface area contributed by atoms with Gasteiger partial charge in [0.25, 0.3) is 5.91 Å². The minimum Gasteiger partial charge on any atom is -0.475 e. The maximum atomic E-state index is 13.8. The smallest absolute Gasteiger partial charge is 0.258 e. The molecule has 3 heterocycles. The van der Waals surface area contributed by atoms with Gasteiger partial charge < -0.3 is 9.64 Å². The first-order valence-electron chi connectivity index (χ1n) is 8.57. The van der Waals surface area contributed by atoms with Gasteiger partial charge in [0.15, 0.2) is 5.82 Å². The molecule has 0 aliphatic heterocycles. The molecule has 10 heteroatoms. The molecule has 1 amide bonds. The highest BCUT2D eigenvalue weighted by molar-refractivity contribution is 6.30. The van der Waals surface area contributed by atoms with Crippen LogP contribution in [-0.2, 0) is 0 Å². The Hall–Kier alpha value is -3.07. The SMILES string of the molecule is CCN(C(=O)c1cc(F)cnc1-n1nccn1)[C@@H](C)COc1ccc(Cl)cn1. The Morgan fingerprint density at radius 3 is 2.68 bits per heavy atom. The van der Waals surface area contributed by atoms with Crippen LogP contribution in [0.1, 0.15) is 24.2 Å². The highest BCUT2D eigenvalue weighted by atomic mass is 35.5. The van der Waals surface area contributed by atoms with Crippen molar-refractivity contribution in [1.82, 2.24) is 29.9 Å². The standard InChI is InChI=1S/C18H18ClFN6O2/c1-3-25(12(2)11-28-16-5-4-13(19)9-21-16)18(27)15-8-14(20)10-22-17(15)26-23-6-7-24-26/h4-10,12H,3,11H2,1-2H3/t12-/m0/s1. The van der Waals surface area contributed by atoms with Gasteiger partial charge in [0.2, 0.25) is 5.88 Å². The van der Waals surface area contributed by atoms with Crippen LogP contribution < -0.4 is 4.74 Å². The van der Waals surface area contributed by atoms with Crippen molar-refractivity contribution in [2.45, 2.75) is 19.9 Å². The number of hydrogen-bond donors (Lipinski definition) is 0. The molecule has 3 aromatic rings. The van der Waals surface area contributed by atoms with Crippen molar-refractivity contribution in [3.05, 3.63) is 59.4 Å². The second kappa shape index (κ2) is 8.75. The number of ether oxygens (including phenoxy) is 1. The molecule has 0 radical (unpaired) electrons. The van der Waals surface area contributed by atoms with E-state index in [0.717, 1.165) is 12.3 Å². The lowest BCUT2D eigenvalue weighted by Gasteiger charge is -2.28. The van der Waals surface area contributed by atoms with Gasteiger partial charge in [-0.05, 0) is 26.0 Å². The van der Waals surface area contributed by atoms with E-state index in [1.165, 1.54) is 23.4 Å². The van der Waals surface area contributed by atoms with E-state index in [9.17, 15) is 9.18 Å². The zero-order valence-corrected chi connectivity index (χ0v) is 16.0. The monoisotopic (exact) mass is 404 g/mol. The predicted octanol–water partition coefficient (Wildman–Crippen LogP) is 2.78. The number of halogens is 2. The average molecular weight is 405 g/mol. The van der Waals surface area contributed by atoms with Crippen LogP contribution in [0.25, 0.3) is 5.82 Å². The van der Waals surface area contributed by atoms with Gasteiger partial charge in [-0.3, -0.25) is 4.79 Å². The van der Waals surface area contributed by atoms with E-state index in [-0.39, 0.29) is 24.0 Å². The van der Waals surface area contributed by atoms with Crippen molar-refractivity contribution in [1.29, 1.82) is 0 Å². The van der Waals surface area contributed by atoms with Gasteiger partial charge in [0.05, 0.1) is 35.2 Å². The number of hydrogen-bond acceptors (Lipinski definition) is 6. The van der Waals surface area contributed by atoms with Gasteiger partial charge in [-0.2, -0.15) is 10.2 Å².